The standard InChI is InChI=1S/C11H14BrF3N2/c1-17(2)6-5-16-10-7-8(12)3-4-9(10)11(13,14)15/h3-4,7,16H,5-6H2,1-2H3. The van der Waals surface area contributed by atoms with E-state index in [-0.39, 0.29) is 5.69 Å². The van der Waals surface area contributed by atoms with Crippen molar-refractivity contribution in [3.05, 3.63) is 28.2 Å². The first-order valence-electron chi connectivity index (χ1n) is 5.06. The van der Waals surface area contributed by atoms with Gasteiger partial charge in [0.15, 0.2) is 0 Å². The molecule has 1 rings (SSSR count). The molecule has 0 saturated carbocycles. The number of benzene rings is 1. The highest BCUT2D eigenvalue weighted by Gasteiger charge is 2.33. The zero-order valence-electron chi connectivity index (χ0n) is 9.61. The quantitative estimate of drug-likeness (QED) is 0.916. The van der Waals surface area contributed by atoms with Crippen molar-refractivity contribution < 1.29 is 13.2 Å². The van der Waals surface area contributed by atoms with Crippen molar-refractivity contribution in [2.45, 2.75) is 6.18 Å². The first-order chi connectivity index (χ1) is 7.80. The summed E-state index contributed by atoms with van der Waals surface area (Å²) in [6.45, 7) is 1.14. The second-order valence-electron chi connectivity index (χ2n) is 3.92. The average molecular weight is 311 g/mol. The maximum Gasteiger partial charge on any atom is 0.418 e. The molecule has 0 bridgehead atoms. The lowest BCUT2D eigenvalue weighted by molar-refractivity contribution is -0.136. The highest BCUT2D eigenvalue weighted by Crippen LogP contribution is 2.36. The molecule has 0 radical (unpaired) electrons. The van der Waals surface area contributed by atoms with Gasteiger partial charge in [-0.15, -0.1) is 0 Å². The third-order valence-electron chi connectivity index (χ3n) is 2.16. The van der Waals surface area contributed by atoms with E-state index >= 15 is 0 Å². The van der Waals surface area contributed by atoms with Gasteiger partial charge in [-0.1, -0.05) is 15.9 Å². The topological polar surface area (TPSA) is 15.3 Å². The fourth-order valence-corrected chi connectivity index (χ4v) is 1.69. The molecule has 96 valence electrons. The van der Waals surface area contributed by atoms with Gasteiger partial charge in [-0.25, -0.2) is 0 Å². The summed E-state index contributed by atoms with van der Waals surface area (Å²) in [7, 11) is 3.74. The van der Waals surface area contributed by atoms with Gasteiger partial charge < -0.3 is 10.2 Å². The molecular formula is C11H14BrF3N2. The fourth-order valence-electron chi connectivity index (χ4n) is 1.32. The minimum Gasteiger partial charge on any atom is -0.383 e. The molecule has 1 aromatic rings. The second-order valence-corrected chi connectivity index (χ2v) is 4.83. The molecule has 0 aliphatic heterocycles. The number of hydrogen-bond acceptors (Lipinski definition) is 2. The van der Waals surface area contributed by atoms with Crippen LogP contribution < -0.4 is 5.32 Å². The Labute approximate surface area is 107 Å². The zero-order chi connectivity index (χ0) is 13.1. The van der Waals surface area contributed by atoms with Crippen molar-refractivity contribution >= 4 is 21.6 Å². The summed E-state index contributed by atoms with van der Waals surface area (Å²) in [4.78, 5) is 1.90. The maximum absolute atomic E-state index is 12.7. The van der Waals surface area contributed by atoms with Crippen LogP contribution in [0.5, 0.6) is 0 Å². The molecule has 0 heterocycles. The van der Waals surface area contributed by atoms with Crippen LogP contribution in [0, 0.1) is 0 Å². The van der Waals surface area contributed by atoms with Crippen molar-refractivity contribution in [1.29, 1.82) is 0 Å². The Kier molecular flexibility index (Phi) is 4.82. The van der Waals surface area contributed by atoms with Gasteiger partial charge in [0.2, 0.25) is 0 Å². The van der Waals surface area contributed by atoms with E-state index in [1.165, 1.54) is 12.1 Å². The number of hydrogen-bond donors (Lipinski definition) is 1. The van der Waals surface area contributed by atoms with Crippen LogP contribution in [-0.4, -0.2) is 32.1 Å². The Morgan fingerprint density at radius 1 is 1.29 bits per heavy atom. The Hall–Kier alpha value is -0.750. The van der Waals surface area contributed by atoms with Gasteiger partial charge >= 0.3 is 6.18 Å². The summed E-state index contributed by atoms with van der Waals surface area (Å²) in [5.74, 6) is 0. The van der Waals surface area contributed by atoms with Gasteiger partial charge in [-0.2, -0.15) is 13.2 Å². The summed E-state index contributed by atoms with van der Waals surface area (Å²) >= 11 is 3.17. The number of anilines is 1. The molecule has 0 aromatic heterocycles. The van der Waals surface area contributed by atoms with Crippen molar-refractivity contribution in [2.75, 3.05) is 32.5 Å². The molecule has 1 aromatic carbocycles. The molecule has 0 amide bonds. The van der Waals surface area contributed by atoms with Crippen molar-refractivity contribution in [3.63, 3.8) is 0 Å². The summed E-state index contributed by atoms with van der Waals surface area (Å²) in [6.07, 6.45) is -4.33. The Morgan fingerprint density at radius 2 is 1.94 bits per heavy atom. The van der Waals surface area contributed by atoms with Crippen LogP contribution in [0.15, 0.2) is 22.7 Å². The number of alkyl halides is 3. The number of nitrogens with one attached hydrogen (secondary N) is 1. The fraction of sp³-hybridized carbons (Fsp3) is 0.455. The average Bonchev–Trinajstić information content (AvgIpc) is 2.15. The lowest BCUT2D eigenvalue weighted by atomic mass is 10.1. The normalized spacial score (nSPS) is 11.9. The first kappa shape index (κ1) is 14.3. The highest BCUT2D eigenvalue weighted by atomic mass is 79.9. The number of halogens is 4. The van der Waals surface area contributed by atoms with Crippen LogP contribution >= 0.6 is 15.9 Å². The van der Waals surface area contributed by atoms with Crippen LogP contribution in [0.4, 0.5) is 18.9 Å². The number of likely N-dealkylation sites (N-methyl/N-ethyl adjacent to an activating group) is 1. The molecule has 0 unspecified atom stereocenters. The first-order valence-corrected chi connectivity index (χ1v) is 5.85. The monoisotopic (exact) mass is 310 g/mol. The minimum absolute atomic E-state index is 0.105. The van der Waals surface area contributed by atoms with E-state index in [0.29, 0.717) is 17.6 Å². The SMILES string of the molecule is CN(C)CCNc1cc(Br)ccc1C(F)(F)F. The molecule has 0 spiro atoms. The number of nitrogens with zero attached hydrogens (tertiary/aromatic N) is 1. The third kappa shape index (κ3) is 4.55. The summed E-state index contributed by atoms with van der Waals surface area (Å²) < 4.78 is 38.7. The third-order valence-corrected chi connectivity index (χ3v) is 2.65. The molecule has 6 heteroatoms. The molecule has 1 N–H and O–H groups in total. The van der Waals surface area contributed by atoms with Gasteiger partial charge in [-0.05, 0) is 32.3 Å². The molecule has 0 aliphatic carbocycles. The van der Waals surface area contributed by atoms with E-state index in [1.807, 2.05) is 19.0 Å². The predicted molar refractivity (Wildman–Crippen MR) is 66.2 cm³/mol. The van der Waals surface area contributed by atoms with Gasteiger partial charge in [0, 0.05) is 23.2 Å². The van der Waals surface area contributed by atoms with Crippen LogP contribution in [0.2, 0.25) is 0 Å². The molecular weight excluding hydrogens is 297 g/mol. The summed E-state index contributed by atoms with van der Waals surface area (Å²) in [5.41, 5.74) is -0.534. The van der Waals surface area contributed by atoms with Gasteiger partial charge in [-0.3, -0.25) is 0 Å². The predicted octanol–water partition coefficient (Wildman–Crippen LogP) is 3.44. The largest absolute Gasteiger partial charge is 0.418 e. The molecule has 17 heavy (non-hydrogen) atoms. The Bertz CT molecular complexity index is 377. The summed E-state index contributed by atoms with van der Waals surface area (Å²) in [5, 5.41) is 2.80. The summed E-state index contributed by atoms with van der Waals surface area (Å²) in [6, 6.07) is 3.90. The van der Waals surface area contributed by atoms with E-state index in [2.05, 4.69) is 21.2 Å². The van der Waals surface area contributed by atoms with Crippen LogP contribution in [0.1, 0.15) is 5.56 Å². The van der Waals surface area contributed by atoms with Crippen LogP contribution in [-0.2, 0) is 6.18 Å². The van der Waals surface area contributed by atoms with E-state index in [1.54, 1.807) is 0 Å². The molecule has 0 saturated heterocycles. The van der Waals surface area contributed by atoms with E-state index in [9.17, 15) is 13.2 Å². The smallest absolute Gasteiger partial charge is 0.383 e. The number of rotatable bonds is 4. The van der Waals surface area contributed by atoms with Crippen LogP contribution in [0.25, 0.3) is 0 Å². The van der Waals surface area contributed by atoms with E-state index in [0.717, 1.165) is 6.07 Å². The van der Waals surface area contributed by atoms with Gasteiger partial charge in [0.1, 0.15) is 0 Å². The lowest BCUT2D eigenvalue weighted by Crippen LogP contribution is -2.22. The van der Waals surface area contributed by atoms with Crippen molar-refractivity contribution in [1.82, 2.24) is 4.90 Å². The van der Waals surface area contributed by atoms with E-state index < -0.39 is 11.7 Å². The molecule has 0 fully saturated rings. The van der Waals surface area contributed by atoms with Crippen LogP contribution in [0.3, 0.4) is 0 Å². The molecule has 2 nitrogen and oxygen atoms in total. The van der Waals surface area contributed by atoms with Crippen molar-refractivity contribution in [2.24, 2.45) is 0 Å². The zero-order valence-corrected chi connectivity index (χ0v) is 11.2. The lowest BCUT2D eigenvalue weighted by Gasteiger charge is -2.16. The van der Waals surface area contributed by atoms with Crippen molar-refractivity contribution in [3.8, 4) is 0 Å². The van der Waals surface area contributed by atoms with E-state index in [4.69, 9.17) is 0 Å². The Balaban J connectivity index is 2.84. The van der Waals surface area contributed by atoms with Gasteiger partial charge in [0.25, 0.3) is 0 Å². The minimum atomic E-state index is -4.33. The van der Waals surface area contributed by atoms with Gasteiger partial charge in [0.05, 0.1) is 5.56 Å². The maximum atomic E-state index is 12.7. The highest BCUT2D eigenvalue weighted by molar-refractivity contribution is 9.10. The Morgan fingerprint density at radius 3 is 2.47 bits per heavy atom. The second kappa shape index (κ2) is 5.73. The molecule has 0 atom stereocenters. The molecule has 0 aliphatic rings.